The molecule has 2 rings (SSSR count). The lowest BCUT2D eigenvalue weighted by molar-refractivity contribution is -0.121. The minimum absolute atomic E-state index is 0.00792. The molecule has 1 N–H and O–H groups in total. The molecule has 0 saturated carbocycles. The second-order valence-corrected chi connectivity index (χ2v) is 7.08. The number of nitrogens with zero attached hydrogens (tertiary/aromatic N) is 4. The van der Waals surface area contributed by atoms with Crippen molar-refractivity contribution in [2.75, 3.05) is 13.2 Å². The molecule has 0 spiro atoms. The molecule has 0 radical (unpaired) electrons. The van der Waals surface area contributed by atoms with Gasteiger partial charge < -0.3 is 10.1 Å². The maximum Gasteiger partial charge on any atom is 0.281 e. The van der Waals surface area contributed by atoms with E-state index in [0.29, 0.717) is 37.3 Å². The van der Waals surface area contributed by atoms with E-state index in [1.807, 2.05) is 27.7 Å². The minimum atomic E-state index is -0.405. The van der Waals surface area contributed by atoms with Crippen molar-refractivity contribution in [3.8, 4) is 0 Å². The monoisotopic (exact) mass is 387 g/mol. The molecule has 1 aromatic rings. The van der Waals surface area contributed by atoms with Crippen LogP contribution in [0.1, 0.15) is 50.6 Å². The maximum atomic E-state index is 12.1. The molecule has 0 aliphatic carbocycles. The van der Waals surface area contributed by atoms with E-state index in [1.54, 1.807) is 11.6 Å². The van der Waals surface area contributed by atoms with E-state index >= 15 is 0 Å². The summed E-state index contributed by atoms with van der Waals surface area (Å²) in [5.74, 6) is -0.180. The van der Waals surface area contributed by atoms with Gasteiger partial charge in [0, 0.05) is 25.3 Å². The fraction of sp³-hybridized carbons (Fsp3) is 0.550. The van der Waals surface area contributed by atoms with Gasteiger partial charge in [0.1, 0.15) is 0 Å². The highest BCUT2D eigenvalue weighted by atomic mass is 16.5. The largest absolute Gasteiger partial charge is 0.379 e. The average molecular weight is 387 g/mol. The fourth-order valence-electron chi connectivity index (χ4n) is 2.83. The number of nitrogens with one attached hydrogen (secondary N) is 1. The molecule has 0 fully saturated rings. The molecule has 8 nitrogen and oxygen atoms in total. The zero-order valence-electron chi connectivity index (χ0n) is 17.3. The molecule has 1 aromatic heterocycles. The number of carbonyl (C=O) groups is 2. The molecular formula is C20H29N5O3. The molecule has 152 valence electrons. The zero-order valence-corrected chi connectivity index (χ0v) is 17.3. The average Bonchev–Trinajstić information content (AvgIpc) is 2.91. The van der Waals surface area contributed by atoms with Gasteiger partial charge in [-0.3, -0.25) is 9.59 Å². The smallest absolute Gasteiger partial charge is 0.281 e. The maximum absolute atomic E-state index is 12.1. The third kappa shape index (κ3) is 5.45. The van der Waals surface area contributed by atoms with Gasteiger partial charge in [0.05, 0.1) is 23.1 Å². The van der Waals surface area contributed by atoms with E-state index in [9.17, 15) is 9.59 Å². The standard InChI is InChI=1S/C20H29N5O3/c1-12(2)28-11-7-10-21-18(26)9-8-17-15(5)24-25(16(17)6)20-22-14(4)13(3)19(27)23-20/h12H,3,7-11H2,1-2,4-6H3,(H,21,26). The van der Waals surface area contributed by atoms with E-state index in [2.05, 4.69) is 27.0 Å². The van der Waals surface area contributed by atoms with Gasteiger partial charge >= 0.3 is 0 Å². The first-order valence-electron chi connectivity index (χ1n) is 9.52. The van der Waals surface area contributed by atoms with Crippen LogP contribution >= 0.6 is 0 Å². The summed E-state index contributed by atoms with van der Waals surface area (Å²) in [6, 6.07) is 0. The zero-order chi connectivity index (χ0) is 20.8. The van der Waals surface area contributed by atoms with Gasteiger partial charge in [-0.15, -0.1) is 0 Å². The van der Waals surface area contributed by atoms with Crippen LogP contribution in [0.5, 0.6) is 0 Å². The predicted molar refractivity (Wildman–Crippen MR) is 109 cm³/mol. The van der Waals surface area contributed by atoms with E-state index in [0.717, 1.165) is 23.4 Å². The molecule has 1 aliphatic heterocycles. The molecule has 0 unspecified atom stereocenters. The van der Waals surface area contributed by atoms with Crippen molar-refractivity contribution >= 4 is 23.5 Å². The third-order valence-electron chi connectivity index (χ3n) is 4.49. The van der Waals surface area contributed by atoms with Crippen molar-refractivity contribution in [3.05, 3.63) is 29.1 Å². The van der Waals surface area contributed by atoms with Crippen LogP contribution in [0.4, 0.5) is 0 Å². The Morgan fingerprint density at radius 3 is 2.61 bits per heavy atom. The Hall–Kier alpha value is -2.61. The summed E-state index contributed by atoms with van der Waals surface area (Å²) in [7, 11) is 0. The normalized spacial score (nSPS) is 14.4. The van der Waals surface area contributed by atoms with Gasteiger partial charge in [0.15, 0.2) is 0 Å². The summed E-state index contributed by atoms with van der Waals surface area (Å²) in [5, 5.41) is 7.36. The Kier molecular flexibility index (Phi) is 7.39. The molecule has 28 heavy (non-hydrogen) atoms. The van der Waals surface area contributed by atoms with E-state index < -0.39 is 5.91 Å². The molecule has 0 aromatic carbocycles. The number of rotatable bonds is 8. The highest BCUT2D eigenvalue weighted by Crippen LogP contribution is 2.17. The number of hydrogen-bond donors (Lipinski definition) is 1. The van der Waals surface area contributed by atoms with Crippen molar-refractivity contribution in [1.29, 1.82) is 0 Å². The molecule has 2 heterocycles. The number of ether oxygens (including phenoxy) is 1. The SMILES string of the molecule is C=C1C(=O)N=C(n2nc(C)c(CCC(=O)NCCCOC(C)C)c2C)N=C1C. The van der Waals surface area contributed by atoms with Crippen LogP contribution in [-0.2, 0) is 20.7 Å². The molecule has 0 saturated heterocycles. The van der Waals surface area contributed by atoms with Crippen LogP contribution in [0.15, 0.2) is 22.1 Å². The number of carbonyl (C=O) groups excluding carboxylic acids is 2. The van der Waals surface area contributed by atoms with Gasteiger partial charge in [-0.1, -0.05) is 6.58 Å². The van der Waals surface area contributed by atoms with Crippen LogP contribution in [0.3, 0.4) is 0 Å². The molecule has 1 aliphatic rings. The minimum Gasteiger partial charge on any atom is -0.379 e. The van der Waals surface area contributed by atoms with Crippen LogP contribution in [-0.4, -0.2) is 52.5 Å². The van der Waals surface area contributed by atoms with Crippen molar-refractivity contribution in [2.24, 2.45) is 9.98 Å². The fourth-order valence-corrected chi connectivity index (χ4v) is 2.83. The number of amides is 2. The topological polar surface area (TPSA) is 97.9 Å². The predicted octanol–water partition coefficient (Wildman–Crippen LogP) is 2.13. The second-order valence-electron chi connectivity index (χ2n) is 7.08. The van der Waals surface area contributed by atoms with Crippen LogP contribution in [0, 0.1) is 13.8 Å². The number of aromatic nitrogens is 2. The highest BCUT2D eigenvalue weighted by Gasteiger charge is 2.22. The van der Waals surface area contributed by atoms with Crippen LogP contribution in [0.25, 0.3) is 0 Å². The van der Waals surface area contributed by atoms with E-state index in [1.165, 1.54) is 0 Å². The Labute approximate surface area is 165 Å². The highest BCUT2D eigenvalue weighted by molar-refractivity contribution is 6.27. The molecule has 0 atom stereocenters. The summed E-state index contributed by atoms with van der Waals surface area (Å²) in [4.78, 5) is 32.3. The van der Waals surface area contributed by atoms with Crippen LogP contribution in [0.2, 0.25) is 0 Å². The van der Waals surface area contributed by atoms with Gasteiger partial charge in [0.25, 0.3) is 11.9 Å². The van der Waals surface area contributed by atoms with Crippen molar-refractivity contribution in [3.63, 3.8) is 0 Å². The summed E-state index contributed by atoms with van der Waals surface area (Å²) < 4.78 is 7.01. The molecular weight excluding hydrogens is 358 g/mol. The number of hydrogen-bond acceptors (Lipinski definition) is 5. The number of aryl methyl sites for hydroxylation is 1. The van der Waals surface area contributed by atoms with Gasteiger partial charge in [-0.05, 0) is 53.0 Å². The molecule has 0 bridgehead atoms. The Balaban J connectivity index is 1.95. The summed E-state index contributed by atoms with van der Waals surface area (Å²) in [5.41, 5.74) is 3.41. The summed E-state index contributed by atoms with van der Waals surface area (Å²) in [6.07, 6.45) is 1.91. The number of aliphatic imine (C=N–C) groups is 2. The Morgan fingerprint density at radius 1 is 1.25 bits per heavy atom. The first kappa shape index (κ1) is 21.7. The Bertz CT molecular complexity index is 833. The first-order valence-corrected chi connectivity index (χ1v) is 9.52. The van der Waals surface area contributed by atoms with Gasteiger partial charge in [-0.25, -0.2) is 9.67 Å². The lowest BCUT2D eigenvalue weighted by Gasteiger charge is -2.11. The van der Waals surface area contributed by atoms with E-state index in [-0.39, 0.29) is 18.0 Å². The second kappa shape index (κ2) is 9.54. The third-order valence-corrected chi connectivity index (χ3v) is 4.49. The van der Waals surface area contributed by atoms with Gasteiger partial charge in [-0.2, -0.15) is 10.1 Å². The van der Waals surface area contributed by atoms with Crippen molar-refractivity contribution < 1.29 is 14.3 Å². The van der Waals surface area contributed by atoms with Crippen LogP contribution < -0.4 is 5.32 Å². The Morgan fingerprint density at radius 2 is 1.96 bits per heavy atom. The summed E-state index contributed by atoms with van der Waals surface area (Å²) >= 11 is 0. The van der Waals surface area contributed by atoms with Crippen molar-refractivity contribution in [2.45, 2.75) is 60.0 Å². The lowest BCUT2D eigenvalue weighted by Crippen LogP contribution is -2.26. The quantitative estimate of drug-likeness (QED) is 0.546. The molecule has 8 heteroatoms. The first-order chi connectivity index (χ1) is 13.2. The van der Waals surface area contributed by atoms with Gasteiger partial charge in [0.2, 0.25) is 5.91 Å². The lowest BCUT2D eigenvalue weighted by atomic mass is 10.1. The molecule has 2 amide bonds. The van der Waals surface area contributed by atoms with Crippen molar-refractivity contribution in [1.82, 2.24) is 15.1 Å². The summed E-state index contributed by atoms with van der Waals surface area (Å²) in [6.45, 7) is 14.4. The van der Waals surface area contributed by atoms with E-state index in [4.69, 9.17) is 4.74 Å².